The first-order valence-electron chi connectivity index (χ1n) is 5.41. The minimum Gasteiger partial charge on any atom is -0.361 e. The van der Waals surface area contributed by atoms with E-state index in [1.54, 1.807) is 12.1 Å². The van der Waals surface area contributed by atoms with Crippen molar-refractivity contribution in [2.45, 2.75) is 13.0 Å². The van der Waals surface area contributed by atoms with Crippen LogP contribution < -0.4 is 10.2 Å². The van der Waals surface area contributed by atoms with E-state index in [2.05, 4.69) is 17.1 Å². The topological polar surface area (TPSA) is 58.4 Å². The molecule has 0 amide bonds. The fourth-order valence-electron chi connectivity index (χ4n) is 2.06. The second-order valence-electron chi connectivity index (χ2n) is 3.99. The first-order valence-corrected chi connectivity index (χ1v) is 5.41. The van der Waals surface area contributed by atoms with Crippen molar-refractivity contribution >= 4 is 11.4 Å². The van der Waals surface area contributed by atoms with Gasteiger partial charge in [0, 0.05) is 31.7 Å². The van der Waals surface area contributed by atoms with Gasteiger partial charge in [-0.25, -0.2) is 0 Å². The molecule has 0 saturated carbocycles. The van der Waals surface area contributed by atoms with E-state index in [1.807, 2.05) is 12.1 Å². The fourth-order valence-corrected chi connectivity index (χ4v) is 2.06. The van der Waals surface area contributed by atoms with Gasteiger partial charge in [0.2, 0.25) is 0 Å². The van der Waals surface area contributed by atoms with Gasteiger partial charge in [0.25, 0.3) is 5.69 Å². The van der Waals surface area contributed by atoms with Crippen molar-refractivity contribution in [1.82, 2.24) is 5.32 Å². The van der Waals surface area contributed by atoms with Crippen molar-refractivity contribution in [1.29, 1.82) is 0 Å². The van der Waals surface area contributed by atoms with Crippen LogP contribution >= 0.6 is 0 Å². The van der Waals surface area contributed by atoms with Crippen molar-refractivity contribution in [3.63, 3.8) is 0 Å². The molecule has 1 atom stereocenters. The van der Waals surface area contributed by atoms with Crippen LogP contribution in [0.3, 0.4) is 0 Å². The number of hydrogen-bond donors (Lipinski definition) is 1. The molecule has 1 aromatic rings. The average Bonchev–Trinajstić information content (AvgIpc) is 2.29. The zero-order valence-corrected chi connectivity index (χ0v) is 9.22. The standard InChI is InChI=1S/C11H15N3O2/c1-9-8-12-6-7-13(9)10-4-2-3-5-11(10)14(15)16/h2-5,9,12H,6-8H2,1H3/t9-/m1/s1. The Morgan fingerprint density at radius 3 is 2.94 bits per heavy atom. The highest BCUT2D eigenvalue weighted by Crippen LogP contribution is 2.29. The first kappa shape index (κ1) is 10.9. The van der Waals surface area contributed by atoms with Crippen LogP contribution in [0.15, 0.2) is 24.3 Å². The molecule has 0 bridgehead atoms. The Kier molecular flexibility index (Phi) is 3.05. The van der Waals surface area contributed by atoms with Crippen molar-refractivity contribution in [3.05, 3.63) is 34.4 Å². The molecule has 0 radical (unpaired) electrons. The summed E-state index contributed by atoms with van der Waals surface area (Å²) in [5, 5.41) is 14.2. The molecule has 0 spiro atoms. The third-order valence-corrected chi connectivity index (χ3v) is 2.89. The van der Waals surface area contributed by atoms with Gasteiger partial charge in [-0.2, -0.15) is 0 Å². The maximum Gasteiger partial charge on any atom is 0.292 e. The van der Waals surface area contributed by atoms with E-state index >= 15 is 0 Å². The monoisotopic (exact) mass is 221 g/mol. The molecule has 0 aromatic heterocycles. The van der Waals surface area contributed by atoms with Gasteiger partial charge in [-0.15, -0.1) is 0 Å². The number of nitrogens with zero attached hydrogens (tertiary/aromatic N) is 2. The highest BCUT2D eigenvalue weighted by Gasteiger charge is 2.24. The number of para-hydroxylation sites is 2. The van der Waals surface area contributed by atoms with Crippen molar-refractivity contribution in [3.8, 4) is 0 Å². The number of hydrogen-bond acceptors (Lipinski definition) is 4. The fraction of sp³-hybridized carbons (Fsp3) is 0.455. The summed E-state index contributed by atoms with van der Waals surface area (Å²) in [6, 6.07) is 7.21. The molecule has 86 valence electrons. The van der Waals surface area contributed by atoms with Crippen LogP contribution in [0.1, 0.15) is 6.92 Å². The number of rotatable bonds is 2. The quantitative estimate of drug-likeness (QED) is 0.605. The first-order chi connectivity index (χ1) is 7.70. The smallest absolute Gasteiger partial charge is 0.292 e. The summed E-state index contributed by atoms with van der Waals surface area (Å²) in [5.74, 6) is 0. The van der Waals surface area contributed by atoms with Crippen LogP contribution in [0.25, 0.3) is 0 Å². The van der Waals surface area contributed by atoms with Gasteiger partial charge < -0.3 is 10.2 Å². The van der Waals surface area contributed by atoms with Crippen LogP contribution in [-0.4, -0.2) is 30.6 Å². The van der Waals surface area contributed by atoms with Gasteiger partial charge in [0.1, 0.15) is 5.69 Å². The van der Waals surface area contributed by atoms with Crippen molar-refractivity contribution < 1.29 is 4.92 Å². The highest BCUT2D eigenvalue weighted by molar-refractivity contribution is 5.63. The predicted octanol–water partition coefficient (Wildman–Crippen LogP) is 1.39. The number of nitro groups is 1. The molecule has 16 heavy (non-hydrogen) atoms. The van der Waals surface area contributed by atoms with Crippen LogP contribution in [0.4, 0.5) is 11.4 Å². The summed E-state index contributed by atoms with van der Waals surface area (Å²) in [5.41, 5.74) is 0.915. The lowest BCUT2D eigenvalue weighted by molar-refractivity contribution is -0.384. The third kappa shape index (κ3) is 1.99. The lowest BCUT2D eigenvalue weighted by atomic mass is 10.1. The molecule has 0 aliphatic carbocycles. The maximum atomic E-state index is 10.9. The number of anilines is 1. The van der Waals surface area contributed by atoms with E-state index in [4.69, 9.17) is 0 Å². The summed E-state index contributed by atoms with van der Waals surface area (Å²) >= 11 is 0. The Labute approximate surface area is 94.2 Å². The number of nitro benzene ring substituents is 1. The molecule has 1 fully saturated rings. The molecule has 1 aliphatic heterocycles. The minimum atomic E-state index is -0.315. The van der Waals surface area contributed by atoms with Gasteiger partial charge in [0.05, 0.1) is 4.92 Å². The highest BCUT2D eigenvalue weighted by atomic mass is 16.6. The second-order valence-corrected chi connectivity index (χ2v) is 3.99. The zero-order valence-electron chi connectivity index (χ0n) is 9.22. The maximum absolute atomic E-state index is 10.9. The summed E-state index contributed by atoms with van der Waals surface area (Å²) in [4.78, 5) is 12.7. The third-order valence-electron chi connectivity index (χ3n) is 2.89. The van der Waals surface area contributed by atoms with E-state index in [-0.39, 0.29) is 16.7 Å². The molecular weight excluding hydrogens is 206 g/mol. The summed E-state index contributed by atoms with van der Waals surface area (Å²) in [6.45, 7) is 4.62. The number of benzene rings is 1. The molecule has 1 N–H and O–H groups in total. The van der Waals surface area contributed by atoms with E-state index in [1.165, 1.54) is 0 Å². The SMILES string of the molecule is C[C@@H]1CNCCN1c1ccccc1[N+](=O)[O-]. The lowest BCUT2D eigenvalue weighted by Crippen LogP contribution is -2.50. The normalized spacial score (nSPS) is 20.8. The number of nitrogens with one attached hydrogen (secondary N) is 1. The Bertz CT molecular complexity index is 395. The Hall–Kier alpha value is -1.62. The largest absolute Gasteiger partial charge is 0.361 e. The van der Waals surface area contributed by atoms with E-state index < -0.39 is 0 Å². The Morgan fingerprint density at radius 1 is 1.50 bits per heavy atom. The van der Waals surface area contributed by atoms with E-state index in [0.717, 1.165) is 25.3 Å². The molecule has 1 aromatic carbocycles. The molecule has 1 heterocycles. The van der Waals surface area contributed by atoms with Gasteiger partial charge in [0.15, 0.2) is 0 Å². The average molecular weight is 221 g/mol. The summed E-state index contributed by atoms with van der Waals surface area (Å²) in [6.07, 6.45) is 0. The molecule has 1 aliphatic rings. The molecule has 1 saturated heterocycles. The molecule has 0 unspecified atom stereocenters. The van der Waals surface area contributed by atoms with Gasteiger partial charge in [-0.3, -0.25) is 10.1 Å². The summed E-state index contributed by atoms with van der Waals surface area (Å²) < 4.78 is 0. The molecule has 5 heteroatoms. The van der Waals surface area contributed by atoms with Gasteiger partial charge in [-0.1, -0.05) is 12.1 Å². The van der Waals surface area contributed by atoms with E-state index in [9.17, 15) is 10.1 Å². The van der Waals surface area contributed by atoms with Gasteiger partial charge in [-0.05, 0) is 13.0 Å². The minimum absolute atomic E-state index is 0.191. The van der Waals surface area contributed by atoms with Crippen LogP contribution in [-0.2, 0) is 0 Å². The van der Waals surface area contributed by atoms with Crippen molar-refractivity contribution in [2.75, 3.05) is 24.5 Å². The zero-order chi connectivity index (χ0) is 11.5. The van der Waals surface area contributed by atoms with E-state index in [0.29, 0.717) is 0 Å². The second kappa shape index (κ2) is 4.49. The Morgan fingerprint density at radius 2 is 2.25 bits per heavy atom. The number of piperazine rings is 1. The molecule has 2 rings (SSSR count). The van der Waals surface area contributed by atoms with Gasteiger partial charge >= 0.3 is 0 Å². The Balaban J connectivity index is 2.34. The van der Waals surface area contributed by atoms with Crippen LogP contribution in [0.2, 0.25) is 0 Å². The summed E-state index contributed by atoms with van der Waals surface area (Å²) in [7, 11) is 0. The van der Waals surface area contributed by atoms with Crippen LogP contribution in [0, 0.1) is 10.1 Å². The van der Waals surface area contributed by atoms with Crippen molar-refractivity contribution in [2.24, 2.45) is 0 Å². The molecule has 5 nitrogen and oxygen atoms in total. The predicted molar refractivity (Wildman–Crippen MR) is 62.8 cm³/mol. The molecular formula is C11H15N3O2. The van der Waals surface area contributed by atoms with Crippen LogP contribution in [0.5, 0.6) is 0 Å². The lowest BCUT2D eigenvalue weighted by Gasteiger charge is -2.35.